The zero-order valence-corrected chi connectivity index (χ0v) is 8.98. The summed E-state index contributed by atoms with van der Waals surface area (Å²) < 4.78 is 33.3. The zero-order valence-electron chi connectivity index (χ0n) is 8.17. The van der Waals surface area contributed by atoms with Gasteiger partial charge in [0.15, 0.2) is 11.5 Å². The topological polar surface area (TPSA) is 113 Å². The fraction of sp³-hybridized carbons (Fsp3) is 0.125. The molecular formula is C8H9NO6S. The fourth-order valence-corrected chi connectivity index (χ4v) is 1.35. The van der Waals surface area contributed by atoms with Gasteiger partial charge in [-0.1, -0.05) is 6.07 Å². The number of phenolic OH excluding ortho intramolecular Hbond substituents is 1. The first kappa shape index (κ1) is 12.3. The second-order valence-corrected chi connectivity index (χ2v) is 3.87. The molecule has 0 aliphatic rings. The van der Waals surface area contributed by atoms with Crippen LogP contribution in [0.15, 0.2) is 18.2 Å². The number of amides is 1. The molecule has 0 saturated carbocycles. The van der Waals surface area contributed by atoms with Gasteiger partial charge in [0.2, 0.25) is 5.91 Å². The lowest BCUT2D eigenvalue weighted by molar-refractivity contribution is -0.114. The molecule has 7 nitrogen and oxygen atoms in total. The van der Waals surface area contributed by atoms with Gasteiger partial charge in [-0.15, -0.1) is 0 Å². The summed E-state index contributed by atoms with van der Waals surface area (Å²) in [6, 6.07) is 3.80. The SMILES string of the molecule is CC(=O)Nc1cccc(OS(=O)(=O)O)c1O. The molecular weight excluding hydrogens is 238 g/mol. The lowest BCUT2D eigenvalue weighted by Gasteiger charge is -2.08. The third kappa shape index (κ3) is 3.41. The molecule has 0 aliphatic heterocycles. The Hall–Kier alpha value is -1.80. The molecule has 88 valence electrons. The van der Waals surface area contributed by atoms with Gasteiger partial charge in [-0.25, -0.2) is 0 Å². The maximum atomic E-state index is 10.7. The van der Waals surface area contributed by atoms with E-state index in [0.717, 1.165) is 6.07 Å². The van der Waals surface area contributed by atoms with E-state index in [1.165, 1.54) is 19.1 Å². The average Bonchev–Trinajstić information content (AvgIpc) is 2.09. The summed E-state index contributed by atoms with van der Waals surface area (Å²) in [6.07, 6.45) is 0. The smallest absolute Gasteiger partial charge is 0.446 e. The number of carbonyl (C=O) groups is 1. The Morgan fingerprint density at radius 1 is 1.44 bits per heavy atom. The van der Waals surface area contributed by atoms with Gasteiger partial charge in [0.25, 0.3) is 0 Å². The molecule has 0 atom stereocenters. The van der Waals surface area contributed by atoms with Crippen LogP contribution >= 0.6 is 0 Å². The lowest BCUT2D eigenvalue weighted by Crippen LogP contribution is -2.09. The molecule has 0 unspecified atom stereocenters. The summed E-state index contributed by atoms with van der Waals surface area (Å²) >= 11 is 0. The van der Waals surface area contributed by atoms with E-state index in [4.69, 9.17) is 4.55 Å². The van der Waals surface area contributed by atoms with Gasteiger partial charge >= 0.3 is 10.4 Å². The summed E-state index contributed by atoms with van der Waals surface area (Å²) in [4.78, 5) is 10.7. The summed E-state index contributed by atoms with van der Waals surface area (Å²) in [6.45, 7) is 1.22. The lowest BCUT2D eigenvalue weighted by atomic mass is 10.2. The van der Waals surface area contributed by atoms with Gasteiger partial charge in [0.05, 0.1) is 5.69 Å². The van der Waals surface area contributed by atoms with E-state index in [2.05, 4.69) is 9.50 Å². The molecule has 0 saturated heterocycles. The second-order valence-electron chi connectivity index (χ2n) is 2.84. The summed E-state index contributed by atoms with van der Waals surface area (Å²) in [5.74, 6) is -1.51. The van der Waals surface area contributed by atoms with E-state index in [0.29, 0.717) is 0 Å². The van der Waals surface area contributed by atoms with Crippen molar-refractivity contribution in [2.45, 2.75) is 6.92 Å². The van der Waals surface area contributed by atoms with Gasteiger partial charge < -0.3 is 14.6 Å². The van der Waals surface area contributed by atoms with E-state index in [1.807, 2.05) is 0 Å². The highest BCUT2D eigenvalue weighted by Gasteiger charge is 2.14. The average molecular weight is 247 g/mol. The van der Waals surface area contributed by atoms with Crippen LogP contribution in [0.3, 0.4) is 0 Å². The fourth-order valence-electron chi connectivity index (χ4n) is 0.994. The third-order valence-corrected chi connectivity index (χ3v) is 1.89. The number of hydrogen-bond donors (Lipinski definition) is 3. The summed E-state index contributed by atoms with van der Waals surface area (Å²) in [5.41, 5.74) is -0.0198. The molecule has 16 heavy (non-hydrogen) atoms. The minimum atomic E-state index is -4.72. The first-order chi connectivity index (χ1) is 7.29. The quantitative estimate of drug-likeness (QED) is 0.530. The van der Waals surface area contributed by atoms with Crippen molar-refractivity contribution in [1.29, 1.82) is 0 Å². The number of benzene rings is 1. The number of phenols is 1. The van der Waals surface area contributed by atoms with E-state index in [-0.39, 0.29) is 5.69 Å². The minimum Gasteiger partial charge on any atom is -0.503 e. The van der Waals surface area contributed by atoms with E-state index in [9.17, 15) is 18.3 Å². The molecule has 1 aromatic rings. The molecule has 8 heteroatoms. The first-order valence-corrected chi connectivity index (χ1v) is 5.42. The Morgan fingerprint density at radius 3 is 2.56 bits per heavy atom. The van der Waals surface area contributed by atoms with Crippen LogP contribution in [-0.2, 0) is 15.2 Å². The maximum absolute atomic E-state index is 10.7. The maximum Gasteiger partial charge on any atom is 0.446 e. The van der Waals surface area contributed by atoms with Crippen molar-refractivity contribution in [1.82, 2.24) is 0 Å². The molecule has 0 aliphatic carbocycles. The van der Waals surface area contributed by atoms with Crippen LogP contribution in [0, 0.1) is 0 Å². The molecule has 1 amide bonds. The summed E-state index contributed by atoms with van der Waals surface area (Å²) in [7, 11) is -4.72. The van der Waals surface area contributed by atoms with Crippen LogP contribution in [0.1, 0.15) is 6.92 Å². The number of rotatable bonds is 3. The number of para-hydroxylation sites is 1. The van der Waals surface area contributed by atoms with Crippen LogP contribution in [-0.4, -0.2) is 24.0 Å². The predicted octanol–water partition coefficient (Wildman–Crippen LogP) is 0.532. The Balaban J connectivity index is 3.09. The molecule has 0 fully saturated rings. The molecule has 0 spiro atoms. The van der Waals surface area contributed by atoms with Crippen molar-refractivity contribution in [3.8, 4) is 11.5 Å². The van der Waals surface area contributed by atoms with Crippen molar-refractivity contribution in [3.05, 3.63) is 18.2 Å². The van der Waals surface area contributed by atoms with Crippen LogP contribution in [0.2, 0.25) is 0 Å². The number of aromatic hydroxyl groups is 1. The van der Waals surface area contributed by atoms with Crippen LogP contribution in [0.25, 0.3) is 0 Å². The molecule has 0 aromatic heterocycles. The van der Waals surface area contributed by atoms with Crippen molar-refractivity contribution >= 4 is 22.0 Å². The molecule has 0 bridgehead atoms. The van der Waals surface area contributed by atoms with Gasteiger partial charge in [0.1, 0.15) is 0 Å². The molecule has 1 aromatic carbocycles. The van der Waals surface area contributed by atoms with Gasteiger partial charge in [-0.05, 0) is 12.1 Å². The number of anilines is 1. The third-order valence-electron chi connectivity index (χ3n) is 1.50. The van der Waals surface area contributed by atoms with Crippen molar-refractivity contribution in [2.24, 2.45) is 0 Å². The highest BCUT2D eigenvalue weighted by molar-refractivity contribution is 7.81. The van der Waals surface area contributed by atoms with Crippen LogP contribution in [0.4, 0.5) is 5.69 Å². The standard InChI is InChI=1S/C8H9NO6S/c1-5(10)9-6-3-2-4-7(8(6)11)15-16(12,13)14/h2-4,11H,1H3,(H,9,10)(H,12,13,14). The normalized spacial score (nSPS) is 10.9. The van der Waals surface area contributed by atoms with Gasteiger partial charge in [-0.3, -0.25) is 9.35 Å². The first-order valence-electron chi connectivity index (χ1n) is 4.06. The Labute approximate surface area is 91.6 Å². The number of carbonyl (C=O) groups excluding carboxylic acids is 1. The van der Waals surface area contributed by atoms with E-state index >= 15 is 0 Å². The Bertz CT molecular complexity index is 509. The number of hydrogen-bond acceptors (Lipinski definition) is 5. The van der Waals surface area contributed by atoms with Crippen molar-refractivity contribution in [2.75, 3.05) is 5.32 Å². The van der Waals surface area contributed by atoms with Gasteiger partial charge in [-0.2, -0.15) is 8.42 Å². The van der Waals surface area contributed by atoms with Crippen molar-refractivity contribution < 1.29 is 27.1 Å². The number of nitrogens with one attached hydrogen (secondary N) is 1. The van der Waals surface area contributed by atoms with Crippen molar-refractivity contribution in [3.63, 3.8) is 0 Å². The van der Waals surface area contributed by atoms with Crippen LogP contribution in [0.5, 0.6) is 11.5 Å². The summed E-state index contributed by atoms with van der Waals surface area (Å²) in [5, 5.41) is 11.7. The predicted molar refractivity (Wildman–Crippen MR) is 54.6 cm³/mol. The van der Waals surface area contributed by atoms with Crippen LogP contribution < -0.4 is 9.50 Å². The molecule has 3 N–H and O–H groups in total. The van der Waals surface area contributed by atoms with E-state index < -0.39 is 27.8 Å². The molecule has 0 radical (unpaired) electrons. The highest BCUT2D eigenvalue weighted by Crippen LogP contribution is 2.34. The Kier molecular flexibility index (Phi) is 3.35. The largest absolute Gasteiger partial charge is 0.503 e. The monoisotopic (exact) mass is 247 g/mol. The molecule has 1 rings (SSSR count). The van der Waals surface area contributed by atoms with Gasteiger partial charge in [0, 0.05) is 6.92 Å². The zero-order chi connectivity index (χ0) is 12.3. The molecule has 0 heterocycles. The Morgan fingerprint density at radius 2 is 2.06 bits per heavy atom. The second kappa shape index (κ2) is 4.37. The highest BCUT2D eigenvalue weighted by atomic mass is 32.3. The van der Waals surface area contributed by atoms with E-state index in [1.54, 1.807) is 0 Å². The minimum absolute atomic E-state index is 0.0198.